The SMILES string of the molecule is O=C(Cc1cc2c([nH]1)CCNC2)OCc1ccccc1. The van der Waals surface area contributed by atoms with Crippen molar-refractivity contribution in [1.82, 2.24) is 10.3 Å². The highest BCUT2D eigenvalue weighted by Crippen LogP contribution is 2.15. The van der Waals surface area contributed by atoms with Gasteiger partial charge in [-0.3, -0.25) is 4.79 Å². The summed E-state index contributed by atoms with van der Waals surface area (Å²) in [4.78, 5) is 15.2. The lowest BCUT2D eigenvalue weighted by Gasteiger charge is -2.11. The standard InChI is InChI=1S/C16H18N2O2/c19-16(20-11-12-4-2-1-3-5-12)9-14-8-13-10-17-7-6-15(13)18-14/h1-5,8,17-18H,6-7,9-11H2. The molecule has 0 amide bonds. The normalized spacial score (nSPS) is 13.8. The topological polar surface area (TPSA) is 54.1 Å². The van der Waals surface area contributed by atoms with Crippen molar-refractivity contribution in [3.63, 3.8) is 0 Å². The number of fused-ring (bicyclic) bond motifs is 1. The summed E-state index contributed by atoms with van der Waals surface area (Å²) >= 11 is 0. The van der Waals surface area contributed by atoms with Gasteiger partial charge in [0.25, 0.3) is 0 Å². The van der Waals surface area contributed by atoms with Crippen LogP contribution in [0, 0.1) is 0 Å². The Morgan fingerprint density at radius 1 is 1.25 bits per heavy atom. The zero-order valence-electron chi connectivity index (χ0n) is 11.3. The molecule has 0 radical (unpaired) electrons. The second kappa shape index (κ2) is 5.92. The number of aromatic nitrogens is 1. The van der Waals surface area contributed by atoms with Crippen molar-refractivity contribution in [2.75, 3.05) is 6.54 Å². The van der Waals surface area contributed by atoms with Gasteiger partial charge in [0.2, 0.25) is 0 Å². The summed E-state index contributed by atoms with van der Waals surface area (Å²) in [6, 6.07) is 11.8. The summed E-state index contributed by atoms with van der Waals surface area (Å²) < 4.78 is 5.29. The van der Waals surface area contributed by atoms with Gasteiger partial charge in [-0.05, 0) is 17.2 Å². The molecule has 0 saturated carbocycles. The highest BCUT2D eigenvalue weighted by molar-refractivity contribution is 5.72. The minimum Gasteiger partial charge on any atom is -0.461 e. The summed E-state index contributed by atoms with van der Waals surface area (Å²) in [6.45, 7) is 2.21. The number of esters is 1. The molecule has 2 aromatic rings. The third-order valence-corrected chi connectivity index (χ3v) is 3.49. The second-order valence-electron chi connectivity index (χ2n) is 5.05. The van der Waals surface area contributed by atoms with Gasteiger partial charge in [-0.2, -0.15) is 0 Å². The number of carbonyl (C=O) groups excluding carboxylic acids is 1. The Bertz CT molecular complexity index is 566. The third-order valence-electron chi connectivity index (χ3n) is 3.49. The molecule has 1 aromatic heterocycles. The zero-order valence-corrected chi connectivity index (χ0v) is 11.3. The van der Waals surface area contributed by atoms with E-state index in [1.54, 1.807) is 0 Å². The molecule has 20 heavy (non-hydrogen) atoms. The quantitative estimate of drug-likeness (QED) is 0.835. The summed E-state index contributed by atoms with van der Waals surface area (Å²) in [7, 11) is 0. The highest BCUT2D eigenvalue weighted by Gasteiger charge is 2.14. The molecule has 104 valence electrons. The van der Waals surface area contributed by atoms with Gasteiger partial charge in [0.05, 0.1) is 6.42 Å². The lowest BCUT2D eigenvalue weighted by molar-refractivity contribution is -0.144. The van der Waals surface area contributed by atoms with Crippen molar-refractivity contribution in [3.8, 4) is 0 Å². The van der Waals surface area contributed by atoms with Crippen LogP contribution in [-0.2, 0) is 35.5 Å². The Kier molecular flexibility index (Phi) is 3.83. The van der Waals surface area contributed by atoms with Gasteiger partial charge in [0.1, 0.15) is 6.61 Å². The van der Waals surface area contributed by atoms with E-state index >= 15 is 0 Å². The maximum atomic E-state index is 11.8. The van der Waals surface area contributed by atoms with Crippen LogP contribution in [0.1, 0.15) is 22.5 Å². The van der Waals surface area contributed by atoms with E-state index in [9.17, 15) is 4.79 Å². The highest BCUT2D eigenvalue weighted by atomic mass is 16.5. The van der Waals surface area contributed by atoms with Crippen LogP contribution in [0.4, 0.5) is 0 Å². The first-order valence-corrected chi connectivity index (χ1v) is 6.91. The number of carbonyl (C=O) groups is 1. The number of H-pyrrole nitrogens is 1. The van der Waals surface area contributed by atoms with Crippen LogP contribution in [-0.4, -0.2) is 17.5 Å². The van der Waals surface area contributed by atoms with Gasteiger partial charge in [0.15, 0.2) is 0 Å². The van der Waals surface area contributed by atoms with Gasteiger partial charge >= 0.3 is 5.97 Å². The van der Waals surface area contributed by atoms with Crippen LogP contribution in [0.2, 0.25) is 0 Å². The predicted molar refractivity (Wildman–Crippen MR) is 76.1 cm³/mol. The van der Waals surface area contributed by atoms with Crippen LogP contribution in [0.5, 0.6) is 0 Å². The van der Waals surface area contributed by atoms with Crippen molar-refractivity contribution in [2.45, 2.75) is 26.0 Å². The predicted octanol–water partition coefficient (Wildman–Crippen LogP) is 1.95. The van der Waals surface area contributed by atoms with E-state index in [0.29, 0.717) is 13.0 Å². The van der Waals surface area contributed by atoms with Crippen molar-refractivity contribution in [3.05, 3.63) is 58.9 Å². The van der Waals surface area contributed by atoms with Crippen LogP contribution in [0.25, 0.3) is 0 Å². The van der Waals surface area contributed by atoms with Crippen LogP contribution >= 0.6 is 0 Å². The number of rotatable bonds is 4. The summed E-state index contributed by atoms with van der Waals surface area (Å²) in [5, 5.41) is 3.32. The molecule has 1 aromatic carbocycles. The van der Waals surface area contributed by atoms with E-state index in [-0.39, 0.29) is 5.97 Å². The number of nitrogens with one attached hydrogen (secondary N) is 2. The molecule has 0 bridgehead atoms. The average molecular weight is 270 g/mol. The number of ether oxygens (including phenoxy) is 1. The van der Waals surface area contributed by atoms with Crippen molar-refractivity contribution < 1.29 is 9.53 Å². The molecule has 0 aliphatic carbocycles. The Hall–Kier alpha value is -2.07. The Morgan fingerprint density at radius 2 is 2.10 bits per heavy atom. The molecule has 0 unspecified atom stereocenters. The lowest BCUT2D eigenvalue weighted by atomic mass is 10.1. The molecule has 2 N–H and O–H groups in total. The van der Waals surface area contributed by atoms with Gasteiger partial charge in [0, 0.05) is 30.9 Å². The summed E-state index contributed by atoms with van der Waals surface area (Å²) in [5.74, 6) is -0.194. The third kappa shape index (κ3) is 3.08. The van der Waals surface area contributed by atoms with E-state index in [1.165, 1.54) is 11.3 Å². The minimum atomic E-state index is -0.194. The van der Waals surface area contributed by atoms with Crippen molar-refractivity contribution in [2.24, 2.45) is 0 Å². The van der Waals surface area contributed by atoms with Crippen LogP contribution in [0.15, 0.2) is 36.4 Å². The first kappa shape index (κ1) is 12.9. The smallest absolute Gasteiger partial charge is 0.312 e. The van der Waals surface area contributed by atoms with Gasteiger partial charge in [-0.25, -0.2) is 0 Å². The van der Waals surface area contributed by atoms with E-state index in [4.69, 9.17) is 4.74 Å². The average Bonchev–Trinajstić information content (AvgIpc) is 2.88. The molecular formula is C16H18N2O2. The number of hydrogen-bond acceptors (Lipinski definition) is 3. The monoisotopic (exact) mass is 270 g/mol. The second-order valence-corrected chi connectivity index (χ2v) is 5.05. The van der Waals surface area contributed by atoms with E-state index < -0.39 is 0 Å². The first-order valence-electron chi connectivity index (χ1n) is 6.91. The molecule has 0 fully saturated rings. The van der Waals surface area contributed by atoms with E-state index in [2.05, 4.69) is 16.4 Å². The molecular weight excluding hydrogens is 252 g/mol. The maximum Gasteiger partial charge on any atom is 0.312 e. The summed E-state index contributed by atoms with van der Waals surface area (Å²) in [5.41, 5.74) is 4.46. The van der Waals surface area contributed by atoms with E-state index in [1.807, 2.05) is 30.3 Å². The molecule has 0 spiro atoms. The fourth-order valence-electron chi connectivity index (χ4n) is 2.46. The number of aromatic amines is 1. The molecule has 2 heterocycles. The number of hydrogen-bond donors (Lipinski definition) is 2. The molecule has 0 saturated heterocycles. The first-order chi connectivity index (χ1) is 9.81. The summed E-state index contributed by atoms with van der Waals surface area (Å²) in [6.07, 6.45) is 1.30. The van der Waals surface area contributed by atoms with Gasteiger partial charge in [-0.15, -0.1) is 0 Å². The van der Waals surface area contributed by atoms with E-state index in [0.717, 1.165) is 30.8 Å². The Labute approximate surface area is 118 Å². The lowest BCUT2D eigenvalue weighted by Crippen LogP contribution is -2.22. The van der Waals surface area contributed by atoms with Crippen molar-refractivity contribution in [1.29, 1.82) is 0 Å². The van der Waals surface area contributed by atoms with Gasteiger partial charge < -0.3 is 15.0 Å². The fraction of sp³-hybridized carbons (Fsp3) is 0.312. The van der Waals surface area contributed by atoms with Gasteiger partial charge in [-0.1, -0.05) is 30.3 Å². The zero-order chi connectivity index (χ0) is 13.8. The van der Waals surface area contributed by atoms with Crippen molar-refractivity contribution >= 4 is 5.97 Å². The molecule has 1 aliphatic rings. The molecule has 1 aliphatic heterocycles. The van der Waals surface area contributed by atoms with Crippen LogP contribution < -0.4 is 5.32 Å². The largest absolute Gasteiger partial charge is 0.461 e. The molecule has 0 atom stereocenters. The minimum absolute atomic E-state index is 0.194. The fourth-order valence-corrected chi connectivity index (χ4v) is 2.46. The Morgan fingerprint density at radius 3 is 2.90 bits per heavy atom. The molecule has 4 heteroatoms. The number of benzene rings is 1. The molecule has 4 nitrogen and oxygen atoms in total. The maximum absolute atomic E-state index is 11.8. The molecule has 3 rings (SSSR count). The Balaban J connectivity index is 1.55. The van der Waals surface area contributed by atoms with Crippen LogP contribution in [0.3, 0.4) is 0 Å².